The highest BCUT2D eigenvalue weighted by Crippen LogP contribution is 2.11. The molecule has 84 valence electrons. The number of hydrogen-bond donors (Lipinski definition) is 1. The first-order valence-electron chi connectivity index (χ1n) is 4.36. The van der Waals surface area contributed by atoms with E-state index in [0.29, 0.717) is 18.3 Å². The number of anilines is 1. The van der Waals surface area contributed by atoms with E-state index < -0.39 is 0 Å². The molecular weight excluding hydrogens is 253 g/mol. The van der Waals surface area contributed by atoms with E-state index in [1.54, 1.807) is 6.07 Å². The highest BCUT2D eigenvalue weighted by atomic mass is 35.5. The fourth-order valence-electron chi connectivity index (χ4n) is 1.07. The highest BCUT2D eigenvalue weighted by Gasteiger charge is 2.04. The van der Waals surface area contributed by atoms with Gasteiger partial charge in [-0.25, -0.2) is 0 Å². The third-order valence-corrected chi connectivity index (χ3v) is 2.02. The third-order valence-electron chi connectivity index (χ3n) is 1.68. The number of aryl methyl sites for hydroxylation is 1. The summed E-state index contributed by atoms with van der Waals surface area (Å²) in [4.78, 5) is 11.3. The van der Waals surface area contributed by atoms with Gasteiger partial charge in [0.1, 0.15) is 0 Å². The standard InChI is InChI=1S/C8H7Cl2N5O/c1-4-2-5(16-15-4)3-11-8-13-6(9)12-7(10)14-8/h2H,3H2,1H3,(H,11,12,13,14). The molecule has 0 saturated carbocycles. The summed E-state index contributed by atoms with van der Waals surface area (Å²) in [5.41, 5.74) is 0.809. The van der Waals surface area contributed by atoms with Crippen LogP contribution in [0.15, 0.2) is 10.6 Å². The van der Waals surface area contributed by atoms with E-state index in [1.807, 2.05) is 6.92 Å². The van der Waals surface area contributed by atoms with Crippen molar-refractivity contribution in [2.75, 3.05) is 5.32 Å². The van der Waals surface area contributed by atoms with Crippen LogP contribution in [0, 0.1) is 6.92 Å². The summed E-state index contributed by atoms with van der Waals surface area (Å²) in [5, 5.41) is 6.71. The molecule has 0 spiro atoms. The molecule has 16 heavy (non-hydrogen) atoms. The van der Waals surface area contributed by atoms with Crippen LogP contribution in [0.4, 0.5) is 5.95 Å². The van der Waals surface area contributed by atoms with E-state index in [-0.39, 0.29) is 10.6 Å². The molecule has 0 atom stereocenters. The molecule has 0 aromatic carbocycles. The van der Waals surface area contributed by atoms with Crippen molar-refractivity contribution in [3.63, 3.8) is 0 Å². The van der Waals surface area contributed by atoms with E-state index in [2.05, 4.69) is 25.4 Å². The largest absolute Gasteiger partial charge is 0.359 e. The Labute approximate surface area is 101 Å². The third kappa shape index (κ3) is 2.80. The SMILES string of the molecule is Cc1cc(CNc2nc(Cl)nc(Cl)n2)on1. The van der Waals surface area contributed by atoms with Crippen LogP contribution in [0.2, 0.25) is 10.6 Å². The molecule has 0 radical (unpaired) electrons. The predicted octanol–water partition coefficient (Wildman–Crippen LogP) is 2.09. The van der Waals surface area contributed by atoms with Gasteiger partial charge in [-0.3, -0.25) is 0 Å². The minimum Gasteiger partial charge on any atom is -0.359 e. The van der Waals surface area contributed by atoms with Gasteiger partial charge in [-0.1, -0.05) is 5.16 Å². The first-order valence-corrected chi connectivity index (χ1v) is 5.12. The fourth-order valence-corrected chi connectivity index (χ4v) is 1.43. The lowest BCUT2D eigenvalue weighted by atomic mass is 10.4. The Kier molecular flexibility index (Phi) is 3.21. The van der Waals surface area contributed by atoms with Crippen LogP contribution in [0.25, 0.3) is 0 Å². The summed E-state index contributed by atoms with van der Waals surface area (Å²) < 4.78 is 5.00. The van der Waals surface area contributed by atoms with Crippen molar-refractivity contribution in [1.82, 2.24) is 20.1 Å². The number of halogens is 2. The first kappa shape index (κ1) is 11.1. The summed E-state index contributed by atoms with van der Waals surface area (Å²) in [6, 6.07) is 1.80. The maximum absolute atomic E-state index is 5.61. The Morgan fingerprint density at radius 1 is 1.25 bits per heavy atom. The van der Waals surface area contributed by atoms with E-state index in [1.165, 1.54) is 0 Å². The molecule has 0 aliphatic rings. The van der Waals surface area contributed by atoms with Gasteiger partial charge in [-0.2, -0.15) is 15.0 Å². The summed E-state index contributed by atoms with van der Waals surface area (Å²) in [5.74, 6) is 0.962. The summed E-state index contributed by atoms with van der Waals surface area (Å²) in [6.45, 7) is 2.24. The van der Waals surface area contributed by atoms with Gasteiger partial charge in [0.05, 0.1) is 12.2 Å². The van der Waals surface area contributed by atoms with Crippen molar-refractivity contribution >= 4 is 29.2 Å². The van der Waals surface area contributed by atoms with Gasteiger partial charge in [0.15, 0.2) is 5.76 Å². The first-order chi connectivity index (χ1) is 7.63. The normalized spacial score (nSPS) is 10.4. The van der Waals surface area contributed by atoms with Crippen LogP contribution in [-0.2, 0) is 6.54 Å². The van der Waals surface area contributed by atoms with Crippen LogP contribution < -0.4 is 5.32 Å². The molecule has 1 N–H and O–H groups in total. The molecule has 2 aromatic heterocycles. The second-order valence-corrected chi connectivity index (χ2v) is 3.66. The van der Waals surface area contributed by atoms with Crippen LogP contribution in [-0.4, -0.2) is 20.1 Å². The zero-order valence-electron chi connectivity index (χ0n) is 8.24. The lowest BCUT2D eigenvalue weighted by Gasteiger charge is -2.01. The van der Waals surface area contributed by atoms with Crippen LogP contribution in [0.3, 0.4) is 0 Å². The molecule has 0 fully saturated rings. The monoisotopic (exact) mass is 259 g/mol. The Hall–Kier alpha value is -1.40. The van der Waals surface area contributed by atoms with Gasteiger partial charge >= 0.3 is 0 Å². The second kappa shape index (κ2) is 4.63. The van der Waals surface area contributed by atoms with Crippen molar-refractivity contribution in [2.45, 2.75) is 13.5 Å². The van der Waals surface area contributed by atoms with Crippen molar-refractivity contribution in [1.29, 1.82) is 0 Å². The average Bonchev–Trinajstić information content (AvgIpc) is 2.60. The van der Waals surface area contributed by atoms with Crippen LogP contribution >= 0.6 is 23.2 Å². The predicted molar refractivity (Wildman–Crippen MR) is 58.4 cm³/mol. The maximum Gasteiger partial charge on any atom is 0.228 e. The fraction of sp³-hybridized carbons (Fsp3) is 0.250. The molecule has 2 heterocycles. The Morgan fingerprint density at radius 2 is 1.94 bits per heavy atom. The van der Waals surface area contributed by atoms with E-state index >= 15 is 0 Å². The van der Waals surface area contributed by atoms with Crippen molar-refractivity contribution in [3.05, 3.63) is 28.1 Å². The Bertz CT molecular complexity index is 481. The van der Waals surface area contributed by atoms with Crippen molar-refractivity contribution in [3.8, 4) is 0 Å². The molecule has 0 unspecified atom stereocenters. The smallest absolute Gasteiger partial charge is 0.228 e. The van der Waals surface area contributed by atoms with Gasteiger partial charge in [0, 0.05) is 6.07 Å². The minimum absolute atomic E-state index is 0.0382. The molecule has 2 rings (SSSR count). The van der Waals surface area contributed by atoms with E-state index in [9.17, 15) is 0 Å². The van der Waals surface area contributed by atoms with E-state index in [4.69, 9.17) is 27.7 Å². The number of rotatable bonds is 3. The number of hydrogen-bond acceptors (Lipinski definition) is 6. The van der Waals surface area contributed by atoms with Gasteiger partial charge in [0.25, 0.3) is 0 Å². The zero-order valence-corrected chi connectivity index (χ0v) is 9.75. The molecule has 0 aliphatic heterocycles. The topological polar surface area (TPSA) is 76.7 Å². The lowest BCUT2D eigenvalue weighted by Crippen LogP contribution is -2.04. The van der Waals surface area contributed by atoms with Crippen molar-refractivity contribution < 1.29 is 4.52 Å². The lowest BCUT2D eigenvalue weighted by molar-refractivity contribution is 0.384. The molecule has 8 heteroatoms. The molecule has 6 nitrogen and oxygen atoms in total. The minimum atomic E-state index is 0.0382. The molecular formula is C8H7Cl2N5O. The van der Waals surface area contributed by atoms with Gasteiger partial charge in [0.2, 0.25) is 16.5 Å². The Balaban J connectivity index is 2.04. The average molecular weight is 260 g/mol. The van der Waals surface area contributed by atoms with Gasteiger partial charge in [-0.05, 0) is 30.1 Å². The molecule has 0 bridgehead atoms. The number of nitrogens with zero attached hydrogens (tertiary/aromatic N) is 4. The molecule has 0 aliphatic carbocycles. The quantitative estimate of drug-likeness (QED) is 0.910. The van der Waals surface area contributed by atoms with Crippen LogP contribution in [0.5, 0.6) is 0 Å². The Morgan fingerprint density at radius 3 is 2.50 bits per heavy atom. The van der Waals surface area contributed by atoms with Crippen molar-refractivity contribution in [2.24, 2.45) is 0 Å². The number of aromatic nitrogens is 4. The van der Waals surface area contributed by atoms with Gasteiger partial charge in [-0.15, -0.1) is 0 Å². The molecule has 2 aromatic rings. The summed E-state index contributed by atoms with van der Waals surface area (Å²) in [7, 11) is 0. The highest BCUT2D eigenvalue weighted by molar-refractivity contribution is 6.31. The maximum atomic E-state index is 5.61. The zero-order chi connectivity index (χ0) is 11.5. The number of nitrogens with one attached hydrogen (secondary N) is 1. The van der Waals surface area contributed by atoms with Gasteiger partial charge < -0.3 is 9.84 Å². The summed E-state index contributed by atoms with van der Waals surface area (Å²) >= 11 is 11.2. The van der Waals surface area contributed by atoms with E-state index in [0.717, 1.165) is 5.69 Å². The second-order valence-electron chi connectivity index (χ2n) is 2.99. The van der Waals surface area contributed by atoms with Crippen LogP contribution in [0.1, 0.15) is 11.5 Å². The molecule has 0 amide bonds. The molecule has 0 saturated heterocycles. The summed E-state index contributed by atoms with van der Waals surface area (Å²) in [6.07, 6.45) is 0.